The zero-order chi connectivity index (χ0) is 11.5. The Labute approximate surface area is 92.7 Å². The number of ether oxygens (including phenoxy) is 1. The van der Waals surface area contributed by atoms with Crippen LogP contribution in [0.4, 0.5) is 0 Å². The standard InChI is InChI=1S/C12H18O2Si/c1-10(14-15(3,4)5)11-7-6-8-12(9-11)13-2/h6-9H,1H2,2-5H3. The molecule has 0 bridgehead atoms. The van der Waals surface area contributed by atoms with Crippen LogP contribution in [0.5, 0.6) is 5.75 Å². The van der Waals surface area contributed by atoms with Crippen molar-refractivity contribution in [3.8, 4) is 5.75 Å². The Morgan fingerprint density at radius 3 is 2.47 bits per heavy atom. The first kappa shape index (κ1) is 11.8. The molecule has 0 radical (unpaired) electrons. The predicted octanol–water partition coefficient (Wildman–Crippen LogP) is 3.52. The minimum atomic E-state index is -1.57. The van der Waals surface area contributed by atoms with Crippen molar-refractivity contribution in [1.29, 1.82) is 0 Å². The zero-order valence-corrected chi connectivity index (χ0v) is 10.8. The third-order valence-corrected chi connectivity index (χ3v) is 2.68. The van der Waals surface area contributed by atoms with Crippen LogP contribution in [0.3, 0.4) is 0 Å². The van der Waals surface area contributed by atoms with E-state index in [0.717, 1.165) is 17.1 Å². The maximum atomic E-state index is 5.81. The van der Waals surface area contributed by atoms with Crippen LogP contribution in [-0.4, -0.2) is 15.4 Å². The van der Waals surface area contributed by atoms with E-state index in [0.29, 0.717) is 0 Å². The van der Waals surface area contributed by atoms with Crippen LogP contribution in [0.15, 0.2) is 30.8 Å². The quantitative estimate of drug-likeness (QED) is 0.573. The SMILES string of the molecule is C=C(O[Si](C)(C)C)c1cccc(OC)c1. The third-order valence-electron chi connectivity index (χ3n) is 1.82. The monoisotopic (exact) mass is 222 g/mol. The number of hydrogen-bond acceptors (Lipinski definition) is 2. The third kappa shape index (κ3) is 3.79. The van der Waals surface area contributed by atoms with E-state index in [1.165, 1.54) is 0 Å². The summed E-state index contributed by atoms with van der Waals surface area (Å²) >= 11 is 0. The topological polar surface area (TPSA) is 18.5 Å². The molecule has 2 nitrogen and oxygen atoms in total. The summed E-state index contributed by atoms with van der Waals surface area (Å²) in [6, 6.07) is 7.76. The number of hydrogen-bond donors (Lipinski definition) is 0. The molecular formula is C12H18O2Si. The second kappa shape index (κ2) is 4.53. The van der Waals surface area contributed by atoms with Crippen molar-refractivity contribution in [2.75, 3.05) is 7.11 Å². The van der Waals surface area contributed by atoms with E-state index >= 15 is 0 Å². The van der Waals surface area contributed by atoms with E-state index in [-0.39, 0.29) is 0 Å². The summed E-state index contributed by atoms with van der Waals surface area (Å²) in [5.74, 6) is 1.56. The lowest BCUT2D eigenvalue weighted by Crippen LogP contribution is -2.24. The molecule has 3 heteroatoms. The van der Waals surface area contributed by atoms with Gasteiger partial charge >= 0.3 is 0 Å². The van der Waals surface area contributed by atoms with E-state index in [2.05, 4.69) is 26.2 Å². The molecule has 1 aromatic rings. The summed E-state index contributed by atoms with van der Waals surface area (Å²) in [4.78, 5) is 0. The maximum absolute atomic E-state index is 5.81. The fraction of sp³-hybridized carbons (Fsp3) is 0.333. The molecule has 0 heterocycles. The van der Waals surface area contributed by atoms with Gasteiger partial charge in [-0.2, -0.15) is 0 Å². The van der Waals surface area contributed by atoms with Crippen molar-refractivity contribution in [3.63, 3.8) is 0 Å². The average Bonchev–Trinajstić information content (AvgIpc) is 2.15. The number of benzene rings is 1. The summed E-state index contributed by atoms with van der Waals surface area (Å²) in [6.07, 6.45) is 0. The molecule has 0 N–H and O–H groups in total. The van der Waals surface area contributed by atoms with Gasteiger partial charge in [-0.15, -0.1) is 0 Å². The molecule has 0 aliphatic heterocycles. The van der Waals surface area contributed by atoms with Crippen LogP contribution in [-0.2, 0) is 4.43 Å². The van der Waals surface area contributed by atoms with Gasteiger partial charge in [0.2, 0.25) is 8.32 Å². The first-order chi connectivity index (χ1) is 6.92. The van der Waals surface area contributed by atoms with Crippen LogP contribution in [0.2, 0.25) is 19.6 Å². The molecule has 0 atom stereocenters. The lowest BCUT2D eigenvalue weighted by Gasteiger charge is -2.21. The molecule has 15 heavy (non-hydrogen) atoms. The smallest absolute Gasteiger partial charge is 0.242 e. The van der Waals surface area contributed by atoms with Gasteiger partial charge in [0.25, 0.3) is 0 Å². The molecule has 0 saturated heterocycles. The minimum absolute atomic E-state index is 0.730. The van der Waals surface area contributed by atoms with Gasteiger partial charge in [0.1, 0.15) is 11.5 Å². The Morgan fingerprint density at radius 2 is 1.93 bits per heavy atom. The van der Waals surface area contributed by atoms with Gasteiger partial charge in [-0.1, -0.05) is 18.7 Å². The zero-order valence-electron chi connectivity index (χ0n) is 9.83. The maximum Gasteiger partial charge on any atom is 0.242 e. The highest BCUT2D eigenvalue weighted by Gasteiger charge is 2.17. The summed E-state index contributed by atoms with van der Waals surface area (Å²) in [6.45, 7) is 10.4. The molecule has 0 aromatic heterocycles. The highest BCUT2D eigenvalue weighted by atomic mass is 28.4. The van der Waals surface area contributed by atoms with Crippen molar-refractivity contribution in [3.05, 3.63) is 36.4 Å². The Kier molecular flexibility index (Phi) is 3.58. The van der Waals surface area contributed by atoms with Crippen LogP contribution in [0.1, 0.15) is 5.56 Å². The Morgan fingerprint density at radius 1 is 1.27 bits per heavy atom. The molecule has 0 fully saturated rings. The predicted molar refractivity (Wildman–Crippen MR) is 66.5 cm³/mol. The molecule has 0 unspecified atom stereocenters. The molecule has 0 aliphatic rings. The Balaban J connectivity index is 2.82. The molecule has 0 aliphatic carbocycles. The van der Waals surface area contributed by atoms with Gasteiger partial charge < -0.3 is 9.16 Å². The first-order valence-corrected chi connectivity index (χ1v) is 8.35. The van der Waals surface area contributed by atoms with Gasteiger partial charge in [-0.3, -0.25) is 0 Å². The Hall–Kier alpha value is -1.22. The second-order valence-corrected chi connectivity index (χ2v) is 8.80. The van der Waals surface area contributed by atoms with Crippen LogP contribution >= 0.6 is 0 Å². The van der Waals surface area contributed by atoms with E-state index in [1.54, 1.807) is 7.11 Å². The molecule has 1 aromatic carbocycles. The molecule has 0 amide bonds. The summed E-state index contributed by atoms with van der Waals surface area (Å²) < 4.78 is 11.0. The number of methoxy groups -OCH3 is 1. The largest absolute Gasteiger partial charge is 0.544 e. The average molecular weight is 222 g/mol. The second-order valence-electron chi connectivity index (χ2n) is 4.37. The van der Waals surface area contributed by atoms with Crippen molar-refractivity contribution in [2.24, 2.45) is 0 Å². The first-order valence-electron chi connectivity index (χ1n) is 4.95. The van der Waals surface area contributed by atoms with E-state index < -0.39 is 8.32 Å². The van der Waals surface area contributed by atoms with E-state index in [9.17, 15) is 0 Å². The normalized spacial score (nSPS) is 10.9. The lowest BCUT2D eigenvalue weighted by molar-refractivity contribution is 0.414. The van der Waals surface area contributed by atoms with Gasteiger partial charge in [-0.25, -0.2) is 0 Å². The van der Waals surface area contributed by atoms with Gasteiger partial charge in [-0.05, 0) is 31.8 Å². The van der Waals surface area contributed by atoms with E-state index in [1.807, 2.05) is 24.3 Å². The summed E-state index contributed by atoms with van der Waals surface area (Å²) in [5.41, 5.74) is 0.983. The lowest BCUT2D eigenvalue weighted by atomic mass is 10.2. The fourth-order valence-corrected chi connectivity index (χ4v) is 2.08. The summed E-state index contributed by atoms with van der Waals surface area (Å²) in [7, 11) is 0.0830. The van der Waals surface area contributed by atoms with Crippen LogP contribution in [0, 0.1) is 0 Å². The van der Waals surface area contributed by atoms with Crippen LogP contribution < -0.4 is 4.74 Å². The highest BCUT2D eigenvalue weighted by Crippen LogP contribution is 2.22. The van der Waals surface area contributed by atoms with Crippen LogP contribution in [0.25, 0.3) is 5.76 Å². The molecule has 0 spiro atoms. The molecule has 82 valence electrons. The van der Waals surface area contributed by atoms with Crippen molar-refractivity contribution < 1.29 is 9.16 Å². The van der Waals surface area contributed by atoms with Crippen molar-refractivity contribution in [2.45, 2.75) is 19.6 Å². The fourth-order valence-electron chi connectivity index (χ4n) is 1.23. The Bertz CT molecular complexity index is 353. The number of rotatable bonds is 4. The van der Waals surface area contributed by atoms with Gasteiger partial charge in [0.15, 0.2) is 0 Å². The van der Waals surface area contributed by atoms with Crippen molar-refractivity contribution >= 4 is 14.1 Å². The van der Waals surface area contributed by atoms with E-state index in [4.69, 9.17) is 9.16 Å². The van der Waals surface area contributed by atoms with Gasteiger partial charge in [0.05, 0.1) is 7.11 Å². The molecular weight excluding hydrogens is 204 g/mol. The molecule has 1 rings (SSSR count). The van der Waals surface area contributed by atoms with Gasteiger partial charge in [0, 0.05) is 5.56 Å². The van der Waals surface area contributed by atoms with Crippen molar-refractivity contribution in [1.82, 2.24) is 0 Å². The minimum Gasteiger partial charge on any atom is -0.544 e. The summed E-state index contributed by atoms with van der Waals surface area (Å²) in [5, 5.41) is 0. The highest BCUT2D eigenvalue weighted by molar-refractivity contribution is 6.70. The molecule has 0 saturated carbocycles.